The van der Waals surface area contributed by atoms with Crippen LogP contribution in [-0.4, -0.2) is 0 Å². The van der Waals surface area contributed by atoms with Gasteiger partial charge in [-0.2, -0.15) is 0 Å². The number of benzene rings is 5. The van der Waals surface area contributed by atoms with E-state index in [1.165, 1.54) is 23.3 Å². The van der Waals surface area contributed by atoms with Gasteiger partial charge in [0.2, 0.25) is 0 Å². The van der Waals surface area contributed by atoms with E-state index >= 15 is 0 Å². The lowest BCUT2D eigenvalue weighted by atomic mass is 9.75. The summed E-state index contributed by atoms with van der Waals surface area (Å²) in [6.07, 6.45) is 10.5. The largest absolute Gasteiger partial charge is 0.473 e. The molecule has 1 nitrogen and oxygen atoms in total. The molecule has 0 bridgehead atoms. The first kappa shape index (κ1) is 25.9. The Morgan fingerprint density at radius 1 is 0.721 bits per heavy atom. The highest BCUT2D eigenvalue weighted by Crippen LogP contribution is 2.58. The minimum atomic E-state index is -0.859. The van der Waals surface area contributed by atoms with E-state index in [0.717, 1.165) is 62.6 Å². The van der Waals surface area contributed by atoms with Gasteiger partial charge in [0.1, 0.15) is 17.4 Å². The van der Waals surface area contributed by atoms with Crippen molar-refractivity contribution in [2.24, 2.45) is 0 Å². The van der Waals surface area contributed by atoms with E-state index in [9.17, 15) is 8.78 Å². The van der Waals surface area contributed by atoms with Gasteiger partial charge in [0, 0.05) is 21.9 Å². The van der Waals surface area contributed by atoms with Crippen molar-refractivity contribution in [2.45, 2.75) is 37.7 Å². The van der Waals surface area contributed by atoms with Crippen LogP contribution in [0.5, 0.6) is 5.75 Å². The van der Waals surface area contributed by atoms with Crippen LogP contribution < -0.4 is 4.74 Å². The Balaban J connectivity index is 1.38. The van der Waals surface area contributed by atoms with Gasteiger partial charge in [0.25, 0.3) is 0 Å². The average Bonchev–Trinajstić information content (AvgIpc) is 3.28. The fraction of sp³-hybridized carbons (Fsp3) is 0.150. The molecule has 43 heavy (non-hydrogen) atoms. The highest BCUT2D eigenvalue weighted by atomic mass is 19.1. The smallest absolute Gasteiger partial charge is 0.174 e. The Bertz CT molecular complexity index is 2030. The van der Waals surface area contributed by atoms with Gasteiger partial charge in [-0.05, 0) is 87.5 Å². The number of fused-ring (bicyclic) bond motifs is 8. The monoisotopic (exact) mass is 564 g/mol. The van der Waals surface area contributed by atoms with Crippen molar-refractivity contribution in [3.63, 3.8) is 0 Å². The Hall–Kier alpha value is -4.76. The van der Waals surface area contributed by atoms with E-state index in [1.807, 2.05) is 36.4 Å². The average molecular weight is 565 g/mol. The number of hydrogen-bond acceptors (Lipinski definition) is 1. The van der Waals surface area contributed by atoms with Crippen molar-refractivity contribution in [3.8, 4) is 16.9 Å². The molecule has 1 unspecified atom stereocenters. The molecule has 0 radical (unpaired) electrons. The van der Waals surface area contributed by atoms with Crippen LogP contribution in [0.15, 0.2) is 121 Å². The lowest BCUT2D eigenvalue weighted by molar-refractivity contribution is 0.154. The summed E-state index contributed by atoms with van der Waals surface area (Å²) in [6.45, 7) is 4.28. The molecule has 0 fully saturated rings. The van der Waals surface area contributed by atoms with Gasteiger partial charge in [-0.3, -0.25) is 0 Å². The maximum absolute atomic E-state index is 15.0. The minimum absolute atomic E-state index is 0.258. The molecule has 0 saturated heterocycles. The number of halogens is 2. The SMILES string of the molecule is CC1(C)c2cc(F)ccc2-c2c1c1c(c3cc(F)ccc23)OC(C2=CC=C(c3ccccc3)CC2)(c2ccccc2)C=C1. The van der Waals surface area contributed by atoms with E-state index in [4.69, 9.17) is 4.74 Å². The summed E-state index contributed by atoms with van der Waals surface area (Å²) < 4.78 is 36.8. The molecule has 5 aromatic rings. The molecule has 1 atom stereocenters. The zero-order valence-corrected chi connectivity index (χ0v) is 24.1. The summed E-state index contributed by atoms with van der Waals surface area (Å²) in [5, 5.41) is 1.64. The second-order valence-corrected chi connectivity index (χ2v) is 12.3. The molecule has 0 aromatic heterocycles. The van der Waals surface area contributed by atoms with Crippen LogP contribution in [0.4, 0.5) is 8.78 Å². The summed E-state index contributed by atoms with van der Waals surface area (Å²) in [6, 6.07) is 30.7. The maximum atomic E-state index is 15.0. The van der Waals surface area contributed by atoms with Crippen LogP contribution in [-0.2, 0) is 11.0 Å². The minimum Gasteiger partial charge on any atom is -0.473 e. The molecule has 0 amide bonds. The predicted molar refractivity (Wildman–Crippen MR) is 171 cm³/mol. The van der Waals surface area contributed by atoms with E-state index in [2.05, 4.69) is 74.5 Å². The van der Waals surface area contributed by atoms with Crippen LogP contribution >= 0.6 is 0 Å². The van der Waals surface area contributed by atoms with Crippen LogP contribution in [0.25, 0.3) is 33.5 Å². The first-order valence-corrected chi connectivity index (χ1v) is 14.9. The van der Waals surface area contributed by atoms with Crippen molar-refractivity contribution in [1.29, 1.82) is 0 Å². The van der Waals surface area contributed by atoms with E-state index in [0.29, 0.717) is 5.75 Å². The molecule has 2 aliphatic carbocycles. The number of ether oxygens (including phenoxy) is 1. The van der Waals surface area contributed by atoms with E-state index < -0.39 is 11.0 Å². The third kappa shape index (κ3) is 3.81. The van der Waals surface area contributed by atoms with Gasteiger partial charge < -0.3 is 4.74 Å². The highest BCUT2D eigenvalue weighted by molar-refractivity contribution is 6.08. The molecular formula is C40H30F2O. The van der Waals surface area contributed by atoms with Gasteiger partial charge in [0.05, 0.1) is 0 Å². The summed E-state index contributed by atoms with van der Waals surface area (Å²) in [7, 11) is 0. The third-order valence-corrected chi connectivity index (χ3v) is 9.53. The third-order valence-electron chi connectivity index (χ3n) is 9.53. The van der Waals surface area contributed by atoms with Crippen molar-refractivity contribution in [3.05, 3.63) is 160 Å². The Morgan fingerprint density at radius 3 is 2.19 bits per heavy atom. The molecule has 210 valence electrons. The van der Waals surface area contributed by atoms with Crippen molar-refractivity contribution in [1.82, 2.24) is 0 Å². The molecule has 3 heteroatoms. The standard InChI is InChI=1S/C40H30F2O/c1-39(2)35-24-30(42)18-20-32(35)36-31-19-17-29(41)23-34(31)38-33(37(36)39)21-22-40(43-38,27-11-7-4-8-12-27)28-15-13-26(14-16-28)25-9-5-3-6-10-25/h3-13,15,17-24H,14,16H2,1-2H3. The molecule has 8 rings (SSSR count). The Kier molecular flexibility index (Phi) is 5.65. The molecular weight excluding hydrogens is 534 g/mol. The van der Waals surface area contributed by atoms with Crippen LogP contribution in [0.3, 0.4) is 0 Å². The highest BCUT2D eigenvalue weighted by Gasteiger charge is 2.45. The fourth-order valence-corrected chi connectivity index (χ4v) is 7.47. The zero-order chi connectivity index (χ0) is 29.3. The number of allylic oxidation sites excluding steroid dienone is 3. The fourth-order valence-electron chi connectivity index (χ4n) is 7.47. The second-order valence-electron chi connectivity index (χ2n) is 12.3. The number of rotatable bonds is 3. The van der Waals surface area contributed by atoms with Gasteiger partial charge in [-0.15, -0.1) is 0 Å². The zero-order valence-electron chi connectivity index (χ0n) is 24.1. The van der Waals surface area contributed by atoms with Gasteiger partial charge in [-0.25, -0.2) is 8.78 Å². The molecule has 0 saturated carbocycles. The lowest BCUT2D eigenvalue weighted by Crippen LogP contribution is -2.36. The summed E-state index contributed by atoms with van der Waals surface area (Å²) in [4.78, 5) is 0. The van der Waals surface area contributed by atoms with E-state index in [-0.39, 0.29) is 11.6 Å². The molecule has 5 aromatic carbocycles. The Labute approximate surface area is 250 Å². The van der Waals surface area contributed by atoms with Crippen molar-refractivity contribution < 1.29 is 13.5 Å². The van der Waals surface area contributed by atoms with Crippen LogP contribution in [0.1, 0.15) is 54.5 Å². The topological polar surface area (TPSA) is 9.23 Å². The van der Waals surface area contributed by atoms with Crippen molar-refractivity contribution in [2.75, 3.05) is 0 Å². The van der Waals surface area contributed by atoms with Crippen LogP contribution in [0, 0.1) is 11.6 Å². The van der Waals surface area contributed by atoms with Crippen LogP contribution in [0.2, 0.25) is 0 Å². The van der Waals surface area contributed by atoms with Crippen molar-refractivity contribution >= 4 is 22.4 Å². The maximum Gasteiger partial charge on any atom is 0.174 e. The second kappa shape index (κ2) is 9.37. The number of hydrogen-bond donors (Lipinski definition) is 0. The molecule has 0 spiro atoms. The Morgan fingerprint density at radius 2 is 1.44 bits per heavy atom. The molecule has 1 aliphatic heterocycles. The van der Waals surface area contributed by atoms with Gasteiger partial charge in [-0.1, -0.05) is 105 Å². The predicted octanol–water partition coefficient (Wildman–Crippen LogP) is 10.5. The van der Waals surface area contributed by atoms with Gasteiger partial charge >= 0.3 is 0 Å². The summed E-state index contributed by atoms with van der Waals surface area (Å²) >= 11 is 0. The molecule has 3 aliphatic rings. The van der Waals surface area contributed by atoms with Gasteiger partial charge in [0.15, 0.2) is 5.60 Å². The normalized spacial score (nSPS) is 19.6. The lowest BCUT2D eigenvalue weighted by Gasteiger charge is -2.40. The molecule has 1 heterocycles. The summed E-state index contributed by atoms with van der Waals surface area (Å²) in [5.41, 5.74) is 8.33. The molecule has 0 N–H and O–H groups in total. The quantitative estimate of drug-likeness (QED) is 0.212. The van der Waals surface area contributed by atoms with E-state index in [1.54, 1.807) is 12.1 Å². The first-order valence-electron chi connectivity index (χ1n) is 14.9. The summed E-state index contributed by atoms with van der Waals surface area (Å²) in [5.74, 6) is 0.0904. The first-order chi connectivity index (χ1) is 20.9.